The maximum atomic E-state index is 13.6. The second kappa shape index (κ2) is 10.5. The summed E-state index contributed by atoms with van der Waals surface area (Å²) in [7, 11) is 0. The van der Waals surface area contributed by atoms with Crippen molar-refractivity contribution < 1.29 is 14.7 Å². The van der Waals surface area contributed by atoms with Crippen molar-refractivity contribution >= 4 is 22.9 Å². The molecule has 8 nitrogen and oxygen atoms in total. The van der Waals surface area contributed by atoms with E-state index in [1.807, 2.05) is 28.8 Å². The van der Waals surface area contributed by atoms with Crippen molar-refractivity contribution in [3.63, 3.8) is 0 Å². The van der Waals surface area contributed by atoms with Gasteiger partial charge < -0.3 is 15.0 Å². The Balaban J connectivity index is 1.43. The zero-order chi connectivity index (χ0) is 24.4. The van der Waals surface area contributed by atoms with Crippen LogP contribution in [0.3, 0.4) is 0 Å². The van der Waals surface area contributed by atoms with Crippen LogP contribution < -0.4 is 10.9 Å². The van der Waals surface area contributed by atoms with Gasteiger partial charge in [0.05, 0.1) is 17.5 Å². The molecule has 1 unspecified atom stereocenters. The average molecular weight is 481 g/mol. The molecule has 1 aromatic heterocycles. The summed E-state index contributed by atoms with van der Waals surface area (Å²) in [5.41, 5.74) is 0.859. The number of piperidine rings is 1. The quantitative estimate of drug-likeness (QED) is 0.650. The molecule has 2 saturated heterocycles. The van der Waals surface area contributed by atoms with E-state index in [4.69, 9.17) is 5.11 Å². The van der Waals surface area contributed by atoms with Gasteiger partial charge in [0.2, 0.25) is 0 Å². The van der Waals surface area contributed by atoms with Gasteiger partial charge in [-0.1, -0.05) is 44.2 Å². The first-order valence-electron chi connectivity index (χ1n) is 13.3. The topological polar surface area (TPSA) is 105 Å². The molecule has 3 fully saturated rings. The molecule has 2 aromatic rings. The number of hydrogen-bond acceptors (Lipinski definition) is 5. The summed E-state index contributed by atoms with van der Waals surface area (Å²) in [6, 6.07) is 9.17. The van der Waals surface area contributed by atoms with Crippen LogP contribution in [0, 0.1) is 0 Å². The standard InChI is InChI=1S/C27H36N4O4/c32-24(33)14-15-28-26(34)25-27(35)31(23-11-7-6-10-22(23)29-25)21-16-19-12-13-20(17-21)30(19)18-8-4-2-1-3-5-9-18/h6-7,10-11,18-21H,1-5,8-9,12-17H2,(H,28,34)(H,32,33)/t19-,20+,21?. The van der Waals surface area contributed by atoms with E-state index < -0.39 is 11.9 Å². The molecule has 8 heteroatoms. The maximum Gasteiger partial charge on any atom is 0.305 e. The summed E-state index contributed by atoms with van der Waals surface area (Å²) in [6.45, 7) is -0.0357. The van der Waals surface area contributed by atoms with E-state index in [9.17, 15) is 14.4 Å². The first kappa shape index (κ1) is 24.0. The Labute approximate surface area is 205 Å². The largest absolute Gasteiger partial charge is 0.481 e. The number of carboxylic acids is 1. The van der Waals surface area contributed by atoms with Crippen molar-refractivity contribution in [2.24, 2.45) is 0 Å². The molecule has 1 aromatic carbocycles. The first-order chi connectivity index (χ1) is 17.0. The number of amides is 1. The molecule has 3 heterocycles. The second-order valence-corrected chi connectivity index (χ2v) is 10.5. The van der Waals surface area contributed by atoms with Gasteiger partial charge in [-0.05, 0) is 50.7 Å². The van der Waals surface area contributed by atoms with E-state index in [0.29, 0.717) is 23.6 Å². The molecular weight excluding hydrogens is 444 g/mol. The number of carbonyl (C=O) groups excluding carboxylic acids is 1. The molecular formula is C27H36N4O4. The Bertz CT molecular complexity index is 1120. The van der Waals surface area contributed by atoms with Crippen LogP contribution in [0.4, 0.5) is 0 Å². The van der Waals surface area contributed by atoms with Gasteiger partial charge in [-0.25, -0.2) is 4.98 Å². The lowest BCUT2D eigenvalue weighted by atomic mass is 9.89. The summed E-state index contributed by atoms with van der Waals surface area (Å²) in [4.78, 5) is 44.4. The molecule has 35 heavy (non-hydrogen) atoms. The third kappa shape index (κ3) is 4.99. The Kier molecular flexibility index (Phi) is 7.18. The van der Waals surface area contributed by atoms with E-state index >= 15 is 0 Å². The molecule has 2 aliphatic heterocycles. The number of aromatic nitrogens is 2. The van der Waals surface area contributed by atoms with E-state index in [-0.39, 0.29) is 30.3 Å². The van der Waals surface area contributed by atoms with Gasteiger partial charge >= 0.3 is 5.97 Å². The fourth-order valence-electron chi connectivity index (χ4n) is 6.76. The number of carbonyl (C=O) groups is 2. The number of aliphatic carboxylic acids is 1. The molecule has 1 aliphatic carbocycles. The van der Waals surface area contributed by atoms with Gasteiger partial charge in [-0.3, -0.25) is 19.3 Å². The number of hydrogen-bond donors (Lipinski definition) is 2. The average Bonchev–Trinajstić information content (AvgIpc) is 3.07. The normalized spacial score (nSPS) is 25.8. The number of carboxylic acid groups (broad SMARTS) is 1. The summed E-state index contributed by atoms with van der Waals surface area (Å²) in [5.74, 6) is -1.61. The van der Waals surface area contributed by atoms with Gasteiger partial charge in [0.25, 0.3) is 11.5 Å². The Morgan fingerprint density at radius 3 is 2.26 bits per heavy atom. The molecule has 0 spiro atoms. The highest BCUT2D eigenvalue weighted by molar-refractivity contribution is 5.94. The van der Waals surface area contributed by atoms with E-state index in [2.05, 4.69) is 15.2 Å². The smallest absolute Gasteiger partial charge is 0.305 e. The van der Waals surface area contributed by atoms with E-state index in [1.165, 1.54) is 57.8 Å². The summed E-state index contributed by atoms with van der Waals surface area (Å²) >= 11 is 0. The third-order valence-electron chi connectivity index (χ3n) is 8.26. The molecule has 1 amide bonds. The molecule has 1 saturated carbocycles. The zero-order valence-corrected chi connectivity index (χ0v) is 20.3. The van der Waals surface area contributed by atoms with Crippen LogP contribution in [0.5, 0.6) is 0 Å². The van der Waals surface area contributed by atoms with Crippen molar-refractivity contribution in [2.45, 2.75) is 101 Å². The number of nitrogens with zero attached hydrogens (tertiary/aromatic N) is 3. The van der Waals surface area contributed by atoms with Gasteiger partial charge in [-0.2, -0.15) is 0 Å². The van der Waals surface area contributed by atoms with E-state index in [1.54, 1.807) is 0 Å². The Morgan fingerprint density at radius 2 is 1.57 bits per heavy atom. The summed E-state index contributed by atoms with van der Waals surface area (Å²) < 4.78 is 1.81. The lowest BCUT2D eigenvalue weighted by molar-refractivity contribution is -0.136. The van der Waals surface area contributed by atoms with Crippen LogP contribution in [0.2, 0.25) is 0 Å². The third-order valence-corrected chi connectivity index (χ3v) is 8.26. The molecule has 2 N–H and O–H groups in total. The van der Waals surface area contributed by atoms with E-state index in [0.717, 1.165) is 18.4 Å². The minimum Gasteiger partial charge on any atom is -0.481 e. The molecule has 0 radical (unpaired) electrons. The van der Waals surface area contributed by atoms with Crippen LogP contribution in [0.1, 0.15) is 93.6 Å². The minimum atomic E-state index is -0.999. The lowest BCUT2D eigenvalue weighted by Crippen LogP contribution is -2.50. The van der Waals surface area contributed by atoms with Gasteiger partial charge in [0, 0.05) is 30.7 Å². The fourth-order valence-corrected chi connectivity index (χ4v) is 6.76. The van der Waals surface area contributed by atoms with Gasteiger partial charge in [-0.15, -0.1) is 0 Å². The molecule has 3 aliphatic rings. The van der Waals surface area contributed by atoms with Crippen molar-refractivity contribution in [1.82, 2.24) is 19.8 Å². The predicted octanol–water partition coefficient (Wildman–Crippen LogP) is 3.88. The monoisotopic (exact) mass is 480 g/mol. The second-order valence-electron chi connectivity index (χ2n) is 10.5. The SMILES string of the molecule is O=C(O)CCNC(=O)c1nc2ccccc2n(C2C[C@H]3CC[C@@H](C2)N3C2CCCCCCC2)c1=O. The molecule has 3 atom stereocenters. The zero-order valence-electron chi connectivity index (χ0n) is 20.3. The Hall–Kier alpha value is -2.74. The summed E-state index contributed by atoms with van der Waals surface area (Å²) in [5, 5.41) is 11.4. The van der Waals surface area contributed by atoms with Crippen LogP contribution in [0.15, 0.2) is 29.1 Å². The highest BCUT2D eigenvalue weighted by atomic mass is 16.4. The molecule has 2 bridgehead atoms. The number of benzene rings is 1. The molecule has 188 valence electrons. The van der Waals surface area contributed by atoms with Crippen molar-refractivity contribution in [1.29, 1.82) is 0 Å². The number of rotatable bonds is 6. The highest BCUT2D eigenvalue weighted by Crippen LogP contribution is 2.44. The number of para-hydroxylation sites is 2. The van der Waals surface area contributed by atoms with Crippen molar-refractivity contribution in [3.8, 4) is 0 Å². The predicted molar refractivity (Wildman–Crippen MR) is 134 cm³/mol. The number of fused-ring (bicyclic) bond motifs is 3. The minimum absolute atomic E-state index is 0.0308. The number of nitrogens with one attached hydrogen (secondary N) is 1. The van der Waals surface area contributed by atoms with Crippen molar-refractivity contribution in [3.05, 3.63) is 40.3 Å². The van der Waals surface area contributed by atoms with Crippen LogP contribution in [-0.4, -0.2) is 56.1 Å². The van der Waals surface area contributed by atoms with Gasteiger partial charge in [0.1, 0.15) is 0 Å². The Morgan fingerprint density at radius 1 is 0.914 bits per heavy atom. The van der Waals surface area contributed by atoms with Gasteiger partial charge in [0.15, 0.2) is 5.69 Å². The fraction of sp³-hybridized carbons (Fsp3) is 0.630. The lowest BCUT2D eigenvalue weighted by Gasteiger charge is -2.45. The van der Waals surface area contributed by atoms with Crippen LogP contribution in [0.25, 0.3) is 11.0 Å². The molecule has 5 rings (SSSR count). The van der Waals surface area contributed by atoms with Crippen LogP contribution >= 0.6 is 0 Å². The van der Waals surface area contributed by atoms with Crippen LogP contribution in [-0.2, 0) is 4.79 Å². The highest BCUT2D eigenvalue weighted by Gasteiger charge is 2.44. The summed E-state index contributed by atoms with van der Waals surface area (Å²) in [6.07, 6.45) is 13.3. The maximum absolute atomic E-state index is 13.6. The first-order valence-corrected chi connectivity index (χ1v) is 13.3. The van der Waals surface area contributed by atoms with Crippen molar-refractivity contribution in [2.75, 3.05) is 6.54 Å².